The molecule has 0 aliphatic rings. The first kappa shape index (κ1) is 24.0. The minimum atomic E-state index is -0.0284. The molecule has 0 saturated carbocycles. The van der Waals surface area contributed by atoms with Gasteiger partial charge in [-0.15, -0.1) is 0 Å². The van der Waals surface area contributed by atoms with E-state index in [0.717, 1.165) is 12.8 Å². The lowest BCUT2D eigenvalue weighted by molar-refractivity contribution is 0.147. The van der Waals surface area contributed by atoms with Crippen molar-refractivity contribution in [3.8, 4) is 0 Å². The molecule has 1 unspecified atom stereocenters. The second-order valence-corrected chi connectivity index (χ2v) is 7.89. The van der Waals surface area contributed by atoms with Crippen LogP contribution in [0.25, 0.3) is 0 Å². The fraction of sp³-hybridized carbons (Fsp3) is 1.00. The van der Waals surface area contributed by atoms with E-state index in [0.29, 0.717) is 0 Å². The maximum atomic E-state index is 9.98. The highest BCUT2D eigenvalue weighted by Crippen LogP contribution is 2.15. The zero-order valence-corrected chi connectivity index (χ0v) is 17.2. The number of hydrogen-bond acceptors (Lipinski definition) is 1. The lowest BCUT2D eigenvalue weighted by Gasteiger charge is -2.10. The quantitative estimate of drug-likeness (QED) is 0.221. The number of hydrogen-bond donors (Lipinski definition) is 1. The van der Waals surface area contributed by atoms with Gasteiger partial charge in [-0.05, 0) is 12.8 Å². The van der Waals surface area contributed by atoms with E-state index in [1.807, 2.05) is 0 Å². The van der Waals surface area contributed by atoms with Gasteiger partial charge in [0.05, 0.1) is 6.10 Å². The number of unbranched alkanes of at least 4 members (excludes halogenated alkanes) is 16. The van der Waals surface area contributed by atoms with E-state index in [-0.39, 0.29) is 6.10 Å². The van der Waals surface area contributed by atoms with Crippen LogP contribution in [0.5, 0.6) is 0 Å². The molecule has 1 N–H and O–H groups in total. The van der Waals surface area contributed by atoms with Crippen molar-refractivity contribution in [1.82, 2.24) is 0 Å². The molecule has 0 aliphatic heterocycles. The van der Waals surface area contributed by atoms with Crippen LogP contribution in [0.4, 0.5) is 0 Å². The lowest BCUT2D eigenvalue weighted by Crippen LogP contribution is -2.05. The Kier molecular flexibility index (Phi) is 21.0. The summed E-state index contributed by atoms with van der Waals surface area (Å²) in [5, 5.41) is 9.98. The van der Waals surface area contributed by atoms with Crippen LogP contribution < -0.4 is 0 Å². The van der Waals surface area contributed by atoms with Gasteiger partial charge in [0.25, 0.3) is 0 Å². The van der Waals surface area contributed by atoms with E-state index < -0.39 is 0 Å². The van der Waals surface area contributed by atoms with Crippen molar-refractivity contribution in [2.45, 2.75) is 148 Å². The molecule has 1 heteroatoms. The lowest BCUT2D eigenvalue weighted by atomic mass is 10.0. The van der Waals surface area contributed by atoms with Crippen molar-refractivity contribution in [3.05, 3.63) is 0 Å². The normalized spacial score (nSPS) is 12.6. The Hall–Kier alpha value is -0.0400. The summed E-state index contributed by atoms with van der Waals surface area (Å²) in [6.45, 7) is 4.54. The molecule has 24 heavy (non-hydrogen) atoms. The van der Waals surface area contributed by atoms with Crippen molar-refractivity contribution in [3.63, 3.8) is 0 Å². The van der Waals surface area contributed by atoms with E-state index in [1.54, 1.807) is 0 Å². The molecule has 0 saturated heterocycles. The largest absolute Gasteiger partial charge is 0.393 e. The van der Waals surface area contributed by atoms with Crippen molar-refractivity contribution in [2.24, 2.45) is 0 Å². The van der Waals surface area contributed by atoms with Gasteiger partial charge in [0.15, 0.2) is 0 Å². The van der Waals surface area contributed by atoms with E-state index in [2.05, 4.69) is 13.8 Å². The standard InChI is InChI=1S/C23H48O/c1-3-5-7-9-10-11-12-13-14-15-16-18-20-22-23(24)21-19-17-8-6-4-2/h23-24H,3-22H2,1-2H3. The Balaban J connectivity index is 3.08. The molecule has 0 rings (SSSR count). The van der Waals surface area contributed by atoms with Crippen LogP contribution >= 0.6 is 0 Å². The number of aliphatic hydroxyl groups excluding tert-OH is 1. The molecule has 0 heterocycles. The Morgan fingerprint density at radius 2 is 0.667 bits per heavy atom. The van der Waals surface area contributed by atoms with Crippen LogP contribution in [-0.4, -0.2) is 11.2 Å². The van der Waals surface area contributed by atoms with Gasteiger partial charge in [-0.2, -0.15) is 0 Å². The third-order valence-electron chi connectivity index (χ3n) is 5.28. The summed E-state index contributed by atoms with van der Waals surface area (Å²) >= 11 is 0. The van der Waals surface area contributed by atoms with Crippen LogP contribution in [0.3, 0.4) is 0 Å². The molecule has 0 radical (unpaired) electrons. The Morgan fingerprint density at radius 1 is 0.417 bits per heavy atom. The van der Waals surface area contributed by atoms with Gasteiger partial charge in [-0.25, -0.2) is 0 Å². The van der Waals surface area contributed by atoms with Gasteiger partial charge in [0.1, 0.15) is 0 Å². The molecule has 0 spiro atoms. The van der Waals surface area contributed by atoms with Crippen LogP contribution in [0, 0.1) is 0 Å². The maximum Gasteiger partial charge on any atom is 0.0540 e. The van der Waals surface area contributed by atoms with Crippen LogP contribution in [0.15, 0.2) is 0 Å². The average molecular weight is 341 g/mol. The Bertz CT molecular complexity index is 214. The summed E-state index contributed by atoms with van der Waals surface area (Å²) in [4.78, 5) is 0. The van der Waals surface area contributed by atoms with Crippen LogP contribution in [-0.2, 0) is 0 Å². The minimum absolute atomic E-state index is 0.0284. The molecule has 0 amide bonds. The van der Waals surface area contributed by atoms with Crippen molar-refractivity contribution >= 4 is 0 Å². The van der Waals surface area contributed by atoms with Crippen molar-refractivity contribution in [2.75, 3.05) is 0 Å². The monoisotopic (exact) mass is 340 g/mol. The van der Waals surface area contributed by atoms with Crippen molar-refractivity contribution in [1.29, 1.82) is 0 Å². The second kappa shape index (κ2) is 21.0. The first-order valence-corrected chi connectivity index (χ1v) is 11.5. The fourth-order valence-corrected chi connectivity index (χ4v) is 3.53. The molecular weight excluding hydrogens is 292 g/mol. The molecule has 1 nitrogen and oxygen atoms in total. The van der Waals surface area contributed by atoms with Gasteiger partial charge in [-0.1, -0.05) is 129 Å². The molecule has 1 atom stereocenters. The van der Waals surface area contributed by atoms with Gasteiger partial charge >= 0.3 is 0 Å². The number of aliphatic hydroxyl groups is 1. The summed E-state index contributed by atoms with van der Waals surface area (Å²) in [5.41, 5.74) is 0. The summed E-state index contributed by atoms with van der Waals surface area (Å²) in [5.74, 6) is 0. The molecular formula is C23H48O. The van der Waals surface area contributed by atoms with Crippen LogP contribution in [0.2, 0.25) is 0 Å². The smallest absolute Gasteiger partial charge is 0.0540 e. The first-order chi connectivity index (χ1) is 11.8. The van der Waals surface area contributed by atoms with E-state index in [9.17, 15) is 5.11 Å². The van der Waals surface area contributed by atoms with Gasteiger partial charge < -0.3 is 5.11 Å². The van der Waals surface area contributed by atoms with Crippen LogP contribution in [0.1, 0.15) is 142 Å². The van der Waals surface area contributed by atoms with E-state index in [4.69, 9.17) is 0 Å². The third kappa shape index (κ3) is 20.0. The number of rotatable bonds is 20. The maximum absolute atomic E-state index is 9.98. The Morgan fingerprint density at radius 3 is 0.958 bits per heavy atom. The molecule has 0 aromatic carbocycles. The average Bonchev–Trinajstić information content (AvgIpc) is 2.59. The zero-order valence-electron chi connectivity index (χ0n) is 17.2. The molecule has 0 aromatic rings. The van der Waals surface area contributed by atoms with Crippen molar-refractivity contribution < 1.29 is 5.11 Å². The predicted molar refractivity (Wildman–Crippen MR) is 110 cm³/mol. The highest BCUT2D eigenvalue weighted by atomic mass is 16.3. The van der Waals surface area contributed by atoms with Gasteiger partial charge in [-0.3, -0.25) is 0 Å². The fourth-order valence-electron chi connectivity index (χ4n) is 3.53. The molecule has 0 fully saturated rings. The summed E-state index contributed by atoms with van der Waals surface area (Å²) < 4.78 is 0. The minimum Gasteiger partial charge on any atom is -0.393 e. The molecule has 0 aliphatic carbocycles. The summed E-state index contributed by atoms with van der Waals surface area (Å²) in [7, 11) is 0. The zero-order chi connectivity index (χ0) is 17.7. The highest BCUT2D eigenvalue weighted by Gasteiger charge is 2.03. The molecule has 0 bridgehead atoms. The van der Waals surface area contributed by atoms with E-state index >= 15 is 0 Å². The Labute approximate surface area is 154 Å². The highest BCUT2D eigenvalue weighted by molar-refractivity contribution is 4.57. The SMILES string of the molecule is CCCCCCCCCCCCCCCC(O)CCCCCCC. The first-order valence-electron chi connectivity index (χ1n) is 11.5. The third-order valence-corrected chi connectivity index (χ3v) is 5.28. The van der Waals surface area contributed by atoms with E-state index in [1.165, 1.54) is 116 Å². The molecule has 146 valence electrons. The summed E-state index contributed by atoms with van der Waals surface area (Å²) in [6, 6.07) is 0. The summed E-state index contributed by atoms with van der Waals surface area (Å²) in [6.07, 6.45) is 26.8. The van der Waals surface area contributed by atoms with Gasteiger partial charge in [0.2, 0.25) is 0 Å². The van der Waals surface area contributed by atoms with Gasteiger partial charge in [0, 0.05) is 0 Å². The predicted octanol–water partition coefficient (Wildman–Crippen LogP) is 8.19. The molecule has 0 aromatic heterocycles. The topological polar surface area (TPSA) is 20.2 Å². The second-order valence-electron chi connectivity index (χ2n) is 7.89.